The molecule has 0 aliphatic heterocycles. The predicted octanol–water partition coefficient (Wildman–Crippen LogP) is 6.75. The molecule has 0 spiro atoms. The van der Waals surface area contributed by atoms with Crippen molar-refractivity contribution in [3.8, 4) is 0 Å². The highest BCUT2D eigenvalue weighted by molar-refractivity contribution is 7.92. The molecule has 0 heterocycles. The Hall–Kier alpha value is -3.07. The standard InChI is InChI=1S/C32H37Cl2N3O4S/c1-3-28(32(39)35-25-11-6-4-7-12-25)36(21-24-19-17-23(2)18-20-24)30(38)22-37(29-16-10-15-27(33)31(29)34)42(40,41)26-13-8-5-9-14-26/h5,8-10,13-20,25,28H,3-4,6-7,11-12,21-22H2,1-2H3,(H,35,39)/t28-/m1/s1. The van der Waals surface area contributed by atoms with Crippen molar-refractivity contribution in [2.45, 2.75) is 75.9 Å². The number of sulfonamides is 1. The average Bonchev–Trinajstić information content (AvgIpc) is 2.99. The van der Waals surface area contributed by atoms with Gasteiger partial charge >= 0.3 is 0 Å². The number of aryl methyl sites for hydroxylation is 1. The number of benzene rings is 3. The Morgan fingerprint density at radius 3 is 2.24 bits per heavy atom. The molecule has 0 radical (unpaired) electrons. The first-order valence-corrected chi connectivity index (χ1v) is 16.5. The Morgan fingerprint density at radius 1 is 0.929 bits per heavy atom. The first kappa shape index (κ1) is 31.9. The molecular weight excluding hydrogens is 593 g/mol. The van der Waals surface area contributed by atoms with Gasteiger partial charge in [0.1, 0.15) is 12.6 Å². The van der Waals surface area contributed by atoms with Crippen molar-refractivity contribution in [1.29, 1.82) is 0 Å². The fourth-order valence-electron chi connectivity index (χ4n) is 5.27. The molecule has 7 nitrogen and oxygen atoms in total. The topological polar surface area (TPSA) is 86.8 Å². The molecule has 1 N–H and O–H groups in total. The quantitative estimate of drug-likeness (QED) is 0.254. The van der Waals surface area contributed by atoms with Crippen molar-refractivity contribution in [3.05, 3.63) is 94.0 Å². The Kier molecular flexibility index (Phi) is 10.9. The molecule has 3 aromatic rings. The third-order valence-corrected chi connectivity index (χ3v) is 10.2. The second-order valence-electron chi connectivity index (χ2n) is 10.7. The van der Waals surface area contributed by atoms with Crippen LogP contribution >= 0.6 is 23.2 Å². The fraction of sp³-hybridized carbons (Fsp3) is 0.375. The second-order valence-corrected chi connectivity index (χ2v) is 13.3. The van der Waals surface area contributed by atoms with Crippen LogP contribution in [0.1, 0.15) is 56.6 Å². The highest BCUT2D eigenvalue weighted by Crippen LogP contribution is 2.35. The average molecular weight is 631 g/mol. The van der Waals surface area contributed by atoms with Crippen LogP contribution in [0.25, 0.3) is 0 Å². The number of nitrogens with zero attached hydrogens (tertiary/aromatic N) is 2. The van der Waals surface area contributed by atoms with Gasteiger partial charge in [-0.25, -0.2) is 8.42 Å². The summed E-state index contributed by atoms with van der Waals surface area (Å²) in [4.78, 5) is 29.3. The van der Waals surface area contributed by atoms with Crippen molar-refractivity contribution in [1.82, 2.24) is 10.2 Å². The van der Waals surface area contributed by atoms with E-state index in [1.165, 1.54) is 23.1 Å². The number of hydrogen-bond donors (Lipinski definition) is 1. The van der Waals surface area contributed by atoms with Gasteiger partial charge in [0.05, 0.1) is 20.6 Å². The Balaban J connectivity index is 1.72. The predicted molar refractivity (Wildman–Crippen MR) is 168 cm³/mol. The number of carbonyl (C=O) groups is 2. The number of amides is 2. The zero-order valence-electron chi connectivity index (χ0n) is 23.9. The molecule has 1 aliphatic rings. The van der Waals surface area contributed by atoms with E-state index < -0.39 is 28.5 Å². The minimum atomic E-state index is -4.23. The van der Waals surface area contributed by atoms with E-state index in [2.05, 4.69) is 5.32 Å². The molecule has 0 aromatic heterocycles. The maximum atomic E-state index is 14.2. The Labute approximate surface area is 258 Å². The molecule has 1 saturated carbocycles. The highest BCUT2D eigenvalue weighted by Gasteiger charge is 2.35. The molecule has 1 fully saturated rings. The zero-order chi connectivity index (χ0) is 30.3. The van der Waals surface area contributed by atoms with Crippen molar-refractivity contribution in [2.24, 2.45) is 0 Å². The third-order valence-electron chi connectivity index (χ3n) is 7.62. The van der Waals surface area contributed by atoms with Crippen LogP contribution in [0.5, 0.6) is 0 Å². The molecule has 224 valence electrons. The van der Waals surface area contributed by atoms with E-state index in [1.807, 2.05) is 38.1 Å². The number of halogens is 2. The van der Waals surface area contributed by atoms with Gasteiger partial charge in [-0.3, -0.25) is 13.9 Å². The molecule has 1 aliphatic carbocycles. The van der Waals surface area contributed by atoms with Gasteiger partial charge in [0.15, 0.2) is 0 Å². The molecule has 10 heteroatoms. The normalized spacial score (nSPS) is 14.7. The minimum Gasteiger partial charge on any atom is -0.352 e. The van der Waals surface area contributed by atoms with Gasteiger partial charge in [0.25, 0.3) is 10.0 Å². The second kappa shape index (κ2) is 14.4. The van der Waals surface area contributed by atoms with Gasteiger partial charge in [-0.2, -0.15) is 0 Å². The Morgan fingerprint density at radius 2 is 1.60 bits per heavy atom. The number of carbonyl (C=O) groups excluding carboxylic acids is 2. The van der Waals surface area contributed by atoms with Gasteiger partial charge in [-0.05, 0) is 56.0 Å². The van der Waals surface area contributed by atoms with Crippen molar-refractivity contribution in [2.75, 3.05) is 10.8 Å². The summed E-state index contributed by atoms with van der Waals surface area (Å²) in [7, 11) is -4.23. The lowest BCUT2D eigenvalue weighted by Gasteiger charge is -2.34. The molecule has 0 saturated heterocycles. The van der Waals surface area contributed by atoms with Crippen LogP contribution in [-0.4, -0.2) is 43.8 Å². The van der Waals surface area contributed by atoms with E-state index in [9.17, 15) is 18.0 Å². The van der Waals surface area contributed by atoms with E-state index in [-0.39, 0.29) is 39.1 Å². The van der Waals surface area contributed by atoms with Crippen LogP contribution in [0.2, 0.25) is 10.0 Å². The molecule has 0 unspecified atom stereocenters. The fourth-order valence-corrected chi connectivity index (χ4v) is 7.17. The van der Waals surface area contributed by atoms with Crippen molar-refractivity contribution >= 4 is 50.7 Å². The van der Waals surface area contributed by atoms with Gasteiger partial charge < -0.3 is 10.2 Å². The Bertz CT molecular complexity index is 1480. The summed E-state index contributed by atoms with van der Waals surface area (Å²) in [5, 5.41) is 3.32. The molecule has 0 bridgehead atoms. The van der Waals surface area contributed by atoms with Crippen LogP contribution in [-0.2, 0) is 26.2 Å². The van der Waals surface area contributed by atoms with Crippen molar-refractivity contribution in [3.63, 3.8) is 0 Å². The summed E-state index contributed by atoms with van der Waals surface area (Å²) >= 11 is 12.8. The molecular formula is C32H37Cl2N3O4S. The first-order chi connectivity index (χ1) is 20.1. The van der Waals surface area contributed by atoms with Crippen LogP contribution in [0.3, 0.4) is 0 Å². The van der Waals surface area contributed by atoms with Crippen molar-refractivity contribution < 1.29 is 18.0 Å². The van der Waals surface area contributed by atoms with Crippen LogP contribution in [0.4, 0.5) is 5.69 Å². The first-order valence-electron chi connectivity index (χ1n) is 14.3. The number of rotatable bonds is 11. The summed E-state index contributed by atoms with van der Waals surface area (Å²) in [5.74, 6) is -0.764. The lowest BCUT2D eigenvalue weighted by Crippen LogP contribution is -2.54. The number of nitrogens with one attached hydrogen (secondary N) is 1. The summed E-state index contributed by atoms with van der Waals surface area (Å²) in [6.45, 7) is 3.39. The smallest absolute Gasteiger partial charge is 0.264 e. The molecule has 1 atom stereocenters. The summed E-state index contributed by atoms with van der Waals surface area (Å²) in [5.41, 5.74) is 1.97. The molecule has 2 amide bonds. The zero-order valence-corrected chi connectivity index (χ0v) is 26.3. The lowest BCUT2D eigenvalue weighted by molar-refractivity contribution is -0.140. The summed E-state index contributed by atoms with van der Waals surface area (Å²) < 4.78 is 28.9. The van der Waals surface area contributed by atoms with Gasteiger partial charge in [0.2, 0.25) is 11.8 Å². The van der Waals surface area contributed by atoms with Gasteiger partial charge in [0, 0.05) is 12.6 Å². The summed E-state index contributed by atoms with van der Waals surface area (Å²) in [6.07, 6.45) is 5.44. The molecule has 4 rings (SSSR count). The maximum Gasteiger partial charge on any atom is 0.264 e. The third kappa shape index (κ3) is 7.65. The largest absolute Gasteiger partial charge is 0.352 e. The van der Waals surface area contributed by atoms with E-state index >= 15 is 0 Å². The van der Waals surface area contributed by atoms with Gasteiger partial charge in [-0.15, -0.1) is 0 Å². The SMILES string of the molecule is CC[C@H](C(=O)NC1CCCCC1)N(Cc1ccc(C)cc1)C(=O)CN(c1cccc(Cl)c1Cl)S(=O)(=O)c1ccccc1. The van der Waals surface area contributed by atoms with E-state index in [1.54, 1.807) is 30.3 Å². The maximum absolute atomic E-state index is 14.2. The summed E-state index contributed by atoms with van der Waals surface area (Å²) in [6, 6.07) is 19.5. The van der Waals surface area contributed by atoms with E-state index in [0.29, 0.717) is 6.42 Å². The van der Waals surface area contributed by atoms with Gasteiger partial charge in [-0.1, -0.05) is 103 Å². The minimum absolute atomic E-state index is 0.000935. The monoisotopic (exact) mass is 629 g/mol. The molecule has 3 aromatic carbocycles. The number of hydrogen-bond acceptors (Lipinski definition) is 4. The highest BCUT2D eigenvalue weighted by atomic mass is 35.5. The number of anilines is 1. The lowest BCUT2D eigenvalue weighted by atomic mass is 9.95. The van der Waals surface area contributed by atoms with Crippen LogP contribution in [0, 0.1) is 6.92 Å². The van der Waals surface area contributed by atoms with E-state index in [4.69, 9.17) is 23.2 Å². The van der Waals surface area contributed by atoms with E-state index in [0.717, 1.165) is 47.5 Å². The van der Waals surface area contributed by atoms with Crippen LogP contribution in [0.15, 0.2) is 77.7 Å². The van der Waals surface area contributed by atoms with Crippen LogP contribution < -0.4 is 9.62 Å². The molecule has 42 heavy (non-hydrogen) atoms.